The van der Waals surface area contributed by atoms with Crippen LogP contribution in [0.1, 0.15) is 19.0 Å². The van der Waals surface area contributed by atoms with Gasteiger partial charge in [0.05, 0.1) is 10.5 Å². The first-order valence-corrected chi connectivity index (χ1v) is 5.48. The Morgan fingerprint density at radius 3 is 2.76 bits per heavy atom. The maximum atomic E-state index is 10.7. The largest absolute Gasteiger partial charge is 0.388 e. The van der Waals surface area contributed by atoms with E-state index >= 15 is 0 Å². The van der Waals surface area contributed by atoms with Gasteiger partial charge < -0.3 is 10.0 Å². The van der Waals surface area contributed by atoms with Crippen molar-refractivity contribution in [2.75, 3.05) is 18.0 Å². The normalized spacial score (nSPS) is 24.1. The van der Waals surface area contributed by atoms with Crippen molar-refractivity contribution >= 4 is 11.5 Å². The summed E-state index contributed by atoms with van der Waals surface area (Å²) in [6, 6.07) is 3.09. The molecule has 1 unspecified atom stereocenters. The molecule has 0 aromatic carbocycles. The number of anilines is 1. The third kappa shape index (κ3) is 2.36. The first kappa shape index (κ1) is 11.8. The third-order valence-electron chi connectivity index (χ3n) is 3.02. The summed E-state index contributed by atoms with van der Waals surface area (Å²) in [5.41, 5.74) is -0.268. The standard InChI is InChI=1S/C11H15N3O3/c1-8-9(14(16)17)3-4-10(12-8)13-6-5-11(2,15)7-13/h3-4,15H,5-7H2,1-2H3. The van der Waals surface area contributed by atoms with Crippen molar-refractivity contribution in [2.24, 2.45) is 0 Å². The molecular formula is C11H15N3O3. The number of nitro groups is 1. The third-order valence-corrected chi connectivity index (χ3v) is 3.02. The van der Waals surface area contributed by atoms with Gasteiger partial charge in [0.1, 0.15) is 11.5 Å². The first-order valence-electron chi connectivity index (χ1n) is 5.48. The van der Waals surface area contributed by atoms with E-state index in [1.807, 2.05) is 4.90 Å². The smallest absolute Gasteiger partial charge is 0.290 e. The molecule has 6 heteroatoms. The van der Waals surface area contributed by atoms with Gasteiger partial charge in [-0.15, -0.1) is 0 Å². The van der Waals surface area contributed by atoms with Gasteiger partial charge in [-0.1, -0.05) is 0 Å². The zero-order valence-corrected chi connectivity index (χ0v) is 9.88. The monoisotopic (exact) mass is 237 g/mol. The van der Waals surface area contributed by atoms with Crippen LogP contribution >= 0.6 is 0 Å². The highest BCUT2D eigenvalue weighted by Gasteiger charge is 2.32. The SMILES string of the molecule is Cc1nc(N2CCC(C)(O)C2)ccc1[N+](=O)[O-]. The van der Waals surface area contributed by atoms with Gasteiger partial charge in [-0.25, -0.2) is 4.98 Å². The van der Waals surface area contributed by atoms with Crippen molar-refractivity contribution in [2.45, 2.75) is 25.9 Å². The summed E-state index contributed by atoms with van der Waals surface area (Å²) in [6.07, 6.45) is 0.685. The highest BCUT2D eigenvalue weighted by molar-refractivity contribution is 5.47. The zero-order valence-electron chi connectivity index (χ0n) is 9.88. The highest BCUT2D eigenvalue weighted by atomic mass is 16.6. The minimum Gasteiger partial charge on any atom is -0.388 e. The summed E-state index contributed by atoms with van der Waals surface area (Å²) in [4.78, 5) is 16.4. The average Bonchev–Trinajstić information content (AvgIpc) is 2.58. The average molecular weight is 237 g/mol. The van der Waals surface area contributed by atoms with E-state index in [0.29, 0.717) is 24.5 Å². The van der Waals surface area contributed by atoms with Gasteiger partial charge in [-0.05, 0) is 26.3 Å². The molecule has 17 heavy (non-hydrogen) atoms. The van der Waals surface area contributed by atoms with E-state index in [0.717, 1.165) is 6.54 Å². The number of aryl methyl sites for hydroxylation is 1. The second-order valence-corrected chi connectivity index (χ2v) is 4.70. The Bertz CT molecular complexity index is 459. The van der Waals surface area contributed by atoms with Gasteiger partial charge in [-0.2, -0.15) is 0 Å². The predicted octanol–water partition coefficient (Wildman–Crippen LogP) is 1.26. The van der Waals surface area contributed by atoms with Gasteiger partial charge in [-0.3, -0.25) is 10.1 Å². The zero-order chi connectivity index (χ0) is 12.6. The van der Waals surface area contributed by atoms with Crippen LogP contribution in [0.25, 0.3) is 0 Å². The summed E-state index contributed by atoms with van der Waals surface area (Å²) in [6.45, 7) is 4.63. The van der Waals surface area contributed by atoms with Crippen molar-refractivity contribution < 1.29 is 10.0 Å². The number of aliphatic hydroxyl groups is 1. The molecule has 1 saturated heterocycles. The molecule has 6 nitrogen and oxygen atoms in total. The molecule has 1 aromatic rings. The summed E-state index contributed by atoms with van der Waals surface area (Å²) < 4.78 is 0. The fourth-order valence-corrected chi connectivity index (χ4v) is 2.05. The predicted molar refractivity (Wildman–Crippen MR) is 63.1 cm³/mol. The summed E-state index contributed by atoms with van der Waals surface area (Å²) >= 11 is 0. The van der Waals surface area contributed by atoms with Gasteiger partial charge in [0.2, 0.25) is 0 Å². The quantitative estimate of drug-likeness (QED) is 0.618. The van der Waals surface area contributed by atoms with Gasteiger partial charge >= 0.3 is 0 Å². The summed E-state index contributed by atoms with van der Waals surface area (Å²) in [7, 11) is 0. The molecule has 0 aliphatic carbocycles. The number of nitrogens with zero attached hydrogens (tertiary/aromatic N) is 3. The molecule has 1 N–H and O–H groups in total. The second-order valence-electron chi connectivity index (χ2n) is 4.70. The number of β-amino-alcohol motifs (C(OH)–C–C–N with tert-alkyl or cyclic N) is 1. The maximum Gasteiger partial charge on any atom is 0.290 e. The Morgan fingerprint density at radius 2 is 2.29 bits per heavy atom. The Hall–Kier alpha value is -1.69. The van der Waals surface area contributed by atoms with E-state index in [4.69, 9.17) is 0 Å². The number of pyridine rings is 1. The minimum atomic E-state index is -0.697. The molecular weight excluding hydrogens is 222 g/mol. The van der Waals surface area contributed by atoms with Crippen LogP contribution < -0.4 is 4.90 Å². The van der Waals surface area contributed by atoms with E-state index in [1.54, 1.807) is 19.9 Å². The van der Waals surface area contributed by atoms with E-state index in [9.17, 15) is 15.2 Å². The van der Waals surface area contributed by atoms with Crippen LogP contribution in [0.2, 0.25) is 0 Å². The number of aromatic nitrogens is 1. The molecule has 2 rings (SSSR count). The molecule has 1 atom stereocenters. The summed E-state index contributed by atoms with van der Waals surface area (Å²) in [5, 5.41) is 20.5. The van der Waals surface area contributed by atoms with Crippen LogP contribution in [0.5, 0.6) is 0 Å². The van der Waals surface area contributed by atoms with Crippen LogP contribution in [-0.2, 0) is 0 Å². The Morgan fingerprint density at radius 1 is 1.59 bits per heavy atom. The first-order chi connectivity index (χ1) is 7.89. The lowest BCUT2D eigenvalue weighted by molar-refractivity contribution is -0.385. The fraction of sp³-hybridized carbons (Fsp3) is 0.545. The van der Waals surface area contributed by atoms with Crippen LogP contribution in [0.15, 0.2) is 12.1 Å². The molecule has 0 radical (unpaired) electrons. The molecule has 0 spiro atoms. The Labute approximate surface area is 99.0 Å². The van der Waals surface area contributed by atoms with Crippen molar-refractivity contribution in [3.63, 3.8) is 0 Å². The number of rotatable bonds is 2. The maximum absolute atomic E-state index is 10.7. The van der Waals surface area contributed by atoms with E-state index < -0.39 is 10.5 Å². The molecule has 1 aliphatic rings. The lowest BCUT2D eigenvalue weighted by Gasteiger charge is -2.19. The molecule has 1 fully saturated rings. The van der Waals surface area contributed by atoms with Gasteiger partial charge in [0, 0.05) is 19.2 Å². The highest BCUT2D eigenvalue weighted by Crippen LogP contribution is 2.27. The lowest BCUT2D eigenvalue weighted by Crippen LogP contribution is -2.30. The molecule has 92 valence electrons. The van der Waals surface area contributed by atoms with Crippen molar-refractivity contribution in [1.29, 1.82) is 0 Å². The second kappa shape index (κ2) is 3.96. The van der Waals surface area contributed by atoms with Crippen LogP contribution in [-0.4, -0.2) is 33.7 Å². The summed E-state index contributed by atoms with van der Waals surface area (Å²) in [5.74, 6) is 0.686. The van der Waals surface area contributed by atoms with E-state index in [2.05, 4.69) is 4.98 Å². The number of hydrogen-bond acceptors (Lipinski definition) is 5. The molecule has 1 aliphatic heterocycles. The van der Waals surface area contributed by atoms with E-state index in [-0.39, 0.29) is 5.69 Å². The molecule has 0 saturated carbocycles. The fourth-order valence-electron chi connectivity index (χ4n) is 2.05. The Kier molecular flexibility index (Phi) is 2.74. The molecule has 0 bridgehead atoms. The lowest BCUT2D eigenvalue weighted by atomic mass is 10.1. The van der Waals surface area contributed by atoms with Crippen molar-refractivity contribution in [1.82, 2.24) is 4.98 Å². The van der Waals surface area contributed by atoms with Crippen molar-refractivity contribution in [3.8, 4) is 0 Å². The molecule has 1 aromatic heterocycles. The van der Waals surface area contributed by atoms with Crippen molar-refractivity contribution in [3.05, 3.63) is 27.9 Å². The van der Waals surface area contributed by atoms with Gasteiger partial charge in [0.15, 0.2) is 0 Å². The topological polar surface area (TPSA) is 79.5 Å². The van der Waals surface area contributed by atoms with E-state index in [1.165, 1.54) is 6.07 Å². The van der Waals surface area contributed by atoms with Crippen LogP contribution in [0, 0.1) is 17.0 Å². The molecule has 2 heterocycles. The Balaban J connectivity index is 2.24. The van der Waals surface area contributed by atoms with Gasteiger partial charge in [0.25, 0.3) is 5.69 Å². The number of hydrogen-bond donors (Lipinski definition) is 1. The van der Waals surface area contributed by atoms with Crippen LogP contribution in [0.4, 0.5) is 11.5 Å². The minimum absolute atomic E-state index is 0.0275. The molecule has 0 amide bonds. The van der Waals surface area contributed by atoms with Crippen LogP contribution in [0.3, 0.4) is 0 Å².